The first kappa shape index (κ1) is 22.1. The van der Waals surface area contributed by atoms with Crippen LogP contribution in [-0.4, -0.2) is 29.5 Å². The molecule has 0 spiro atoms. The third-order valence-corrected chi connectivity index (χ3v) is 6.48. The molecule has 4 rings (SSSR count). The summed E-state index contributed by atoms with van der Waals surface area (Å²) in [6.07, 6.45) is 6.37. The summed E-state index contributed by atoms with van der Waals surface area (Å²) in [5.41, 5.74) is 8.91. The lowest BCUT2D eigenvalue weighted by Crippen LogP contribution is -2.37. The molecule has 1 aliphatic carbocycles. The maximum absolute atomic E-state index is 13.1. The number of aromatic amines is 1. The van der Waals surface area contributed by atoms with Gasteiger partial charge in [0.2, 0.25) is 5.91 Å². The molecule has 1 amide bonds. The van der Waals surface area contributed by atoms with Gasteiger partial charge < -0.3 is 20.8 Å². The van der Waals surface area contributed by atoms with E-state index in [1.165, 1.54) is 0 Å². The number of hydrogen-bond donors (Lipinski definition) is 3. The lowest BCUT2D eigenvalue weighted by Gasteiger charge is -2.28. The smallest absolute Gasteiger partial charge is 0.223 e. The van der Waals surface area contributed by atoms with Gasteiger partial charge >= 0.3 is 0 Å². The number of amides is 1. The molecule has 0 radical (unpaired) electrons. The fourth-order valence-electron chi connectivity index (χ4n) is 4.45. The predicted octanol–water partition coefficient (Wildman–Crippen LogP) is 4.25. The highest BCUT2D eigenvalue weighted by Gasteiger charge is 2.28. The molecule has 0 unspecified atom stereocenters. The first-order chi connectivity index (χ1) is 15.7. The maximum Gasteiger partial charge on any atom is 0.223 e. The lowest BCUT2D eigenvalue weighted by molar-refractivity contribution is -0.127. The average molecular weight is 433 g/mol. The minimum Gasteiger partial charge on any atom is -0.497 e. The van der Waals surface area contributed by atoms with E-state index < -0.39 is 0 Å². The molecule has 32 heavy (non-hydrogen) atoms. The molecule has 1 fully saturated rings. The van der Waals surface area contributed by atoms with E-state index in [1.807, 2.05) is 48.7 Å². The molecular formula is C26H32N4O2. The van der Waals surface area contributed by atoms with Crippen LogP contribution in [0.15, 0.2) is 60.8 Å². The Bertz CT molecular complexity index is 992. The molecule has 4 N–H and O–H groups in total. The number of nitrogens with one attached hydrogen (secondary N) is 2. The first-order valence-electron chi connectivity index (χ1n) is 11.4. The van der Waals surface area contributed by atoms with Gasteiger partial charge in [-0.2, -0.15) is 0 Å². The van der Waals surface area contributed by atoms with Crippen molar-refractivity contribution in [1.82, 2.24) is 15.3 Å². The van der Waals surface area contributed by atoms with Crippen LogP contribution in [0.1, 0.15) is 43.1 Å². The molecule has 0 saturated heterocycles. The summed E-state index contributed by atoms with van der Waals surface area (Å²) in [5.74, 6) is 2.29. The van der Waals surface area contributed by atoms with Crippen molar-refractivity contribution in [3.8, 4) is 17.0 Å². The zero-order valence-corrected chi connectivity index (χ0v) is 18.6. The molecule has 1 aromatic heterocycles. The summed E-state index contributed by atoms with van der Waals surface area (Å²) < 4.78 is 5.25. The fourth-order valence-corrected chi connectivity index (χ4v) is 4.45. The average Bonchev–Trinajstić information content (AvgIpc) is 3.35. The number of hydrogen-bond acceptors (Lipinski definition) is 4. The van der Waals surface area contributed by atoms with Crippen LogP contribution in [0.25, 0.3) is 11.3 Å². The highest BCUT2D eigenvalue weighted by atomic mass is 16.5. The van der Waals surface area contributed by atoms with E-state index >= 15 is 0 Å². The highest BCUT2D eigenvalue weighted by Crippen LogP contribution is 2.29. The third kappa shape index (κ3) is 5.37. The normalized spacial score (nSPS) is 19.3. The molecule has 0 aliphatic heterocycles. The summed E-state index contributed by atoms with van der Waals surface area (Å²) >= 11 is 0. The standard InChI is InChI=1S/C26H32N4O2/c1-32-22-13-11-20(12-14-22)24-17-28-25(29-24)23(15-18-5-3-2-4-6-18)30-26(31)21-9-7-19(16-27)8-10-21/h2-6,11-14,17,19,21,23H,7-10,15-16,27H2,1H3,(H,28,29)(H,30,31)/t19?,21?,23-/m0/s1. The highest BCUT2D eigenvalue weighted by molar-refractivity contribution is 5.79. The Labute approximate surface area is 189 Å². The molecule has 6 heteroatoms. The largest absolute Gasteiger partial charge is 0.497 e. The Hall–Kier alpha value is -3.12. The molecule has 168 valence electrons. The topological polar surface area (TPSA) is 93.0 Å². The van der Waals surface area contributed by atoms with Crippen molar-refractivity contribution < 1.29 is 9.53 Å². The number of rotatable bonds is 8. The van der Waals surface area contributed by atoms with E-state index in [0.717, 1.165) is 54.1 Å². The molecule has 6 nitrogen and oxygen atoms in total. The minimum atomic E-state index is -0.218. The van der Waals surface area contributed by atoms with Gasteiger partial charge in [-0.15, -0.1) is 0 Å². The van der Waals surface area contributed by atoms with Crippen molar-refractivity contribution in [1.29, 1.82) is 0 Å². The number of carbonyl (C=O) groups excluding carboxylic acids is 1. The zero-order valence-electron chi connectivity index (χ0n) is 18.6. The van der Waals surface area contributed by atoms with Gasteiger partial charge in [-0.3, -0.25) is 4.79 Å². The van der Waals surface area contributed by atoms with Gasteiger partial charge in [0, 0.05) is 5.92 Å². The number of nitrogens with two attached hydrogens (primary N) is 1. The Kier molecular flexibility index (Phi) is 7.22. The third-order valence-electron chi connectivity index (χ3n) is 6.48. The van der Waals surface area contributed by atoms with Crippen LogP contribution in [-0.2, 0) is 11.2 Å². The molecule has 1 saturated carbocycles. The van der Waals surface area contributed by atoms with E-state index in [-0.39, 0.29) is 17.9 Å². The summed E-state index contributed by atoms with van der Waals surface area (Å²) in [6.45, 7) is 0.714. The summed E-state index contributed by atoms with van der Waals surface area (Å²) in [7, 11) is 1.66. The van der Waals surface area contributed by atoms with Crippen LogP contribution in [0.2, 0.25) is 0 Å². The molecule has 1 atom stereocenters. The van der Waals surface area contributed by atoms with Crippen LogP contribution in [0.4, 0.5) is 0 Å². The summed E-state index contributed by atoms with van der Waals surface area (Å²) in [4.78, 5) is 21.2. The predicted molar refractivity (Wildman–Crippen MR) is 126 cm³/mol. The Morgan fingerprint density at radius 1 is 1.12 bits per heavy atom. The monoisotopic (exact) mass is 432 g/mol. The second kappa shape index (κ2) is 10.5. The van der Waals surface area contributed by atoms with Gasteiger partial charge in [-0.05, 0) is 80.0 Å². The number of carbonyl (C=O) groups is 1. The van der Waals surface area contributed by atoms with E-state index in [4.69, 9.17) is 10.5 Å². The molecule has 1 aliphatic rings. The molecule has 3 aromatic rings. The van der Waals surface area contributed by atoms with Crippen LogP contribution < -0.4 is 15.8 Å². The minimum absolute atomic E-state index is 0.0482. The summed E-state index contributed by atoms with van der Waals surface area (Å²) in [5, 5.41) is 3.28. The van der Waals surface area contributed by atoms with Gasteiger partial charge in [0.1, 0.15) is 11.6 Å². The number of H-pyrrole nitrogens is 1. The van der Waals surface area contributed by atoms with Gasteiger partial charge in [-0.25, -0.2) is 4.98 Å². The van der Waals surface area contributed by atoms with Gasteiger partial charge in [0.05, 0.1) is 25.0 Å². The number of methoxy groups -OCH3 is 1. The second-order valence-electron chi connectivity index (χ2n) is 8.61. The molecular weight excluding hydrogens is 400 g/mol. The summed E-state index contributed by atoms with van der Waals surface area (Å²) in [6, 6.07) is 17.8. The quantitative estimate of drug-likeness (QED) is 0.496. The van der Waals surface area contributed by atoms with Crippen molar-refractivity contribution in [2.24, 2.45) is 17.6 Å². The number of ether oxygens (including phenoxy) is 1. The van der Waals surface area contributed by atoms with Crippen LogP contribution in [0.5, 0.6) is 5.75 Å². The second-order valence-corrected chi connectivity index (χ2v) is 8.61. The first-order valence-corrected chi connectivity index (χ1v) is 11.4. The Balaban J connectivity index is 1.51. The maximum atomic E-state index is 13.1. The van der Waals surface area contributed by atoms with Crippen molar-refractivity contribution in [2.45, 2.75) is 38.1 Å². The van der Waals surface area contributed by atoms with Crippen molar-refractivity contribution >= 4 is 5.91 Å². The fraction of sp³-hybridized carbons (Fsp3) is 0.385. The lowest BCUT2D eigenvalue weighted by atomic mass is 9.81. The van der Waals surface area contributed by atoms with Gasteiger partial charge in [0.15, 0.2) is 0 Å². The van der Waals surface area contributed by atoms with Crippen molar-refractivity contribution in [3.05, 3.63) is 72.2 Å². The number of nitrogens with zero attached hydrogens (tertiary/aromatic N) is 1. The van der Waals surface area contributed by atoms with Crippen LogP contribution in [0, 0.1) is 11.8 Å². The van der Waals surface area contributed by atoms with Gasteiger partial charge in [0.25, 0.3) is 0 Å². The van der Waals surface area contributed by atoms with E-state index in [2.05, 4.69) is 27.4 Å². The molecule has 2 aromatic carbocycles. The molecule has 0 bridgehead atoms. The number of benzene rings is 2. The van der Waals surface area contributed by atoms with Crippen LogP contribution >= 0.6 is 0 Å². The van der Waals surface area contributed by atoms with E-state index in [9.17, 15) is 4.79 Å². The SMILES string of the molecule is COc1ccc(-c2cnc([C@H](Cc3ccccc3)NC(=O)C3CCC(CN)CC3)[nH]2)cc1. The van der Waals surface area contributed by atoms with E-state index in [1.54, 1.807) is 7.11 Å². The Morgan fingerprint density at radius 2 is 1.84 bits per heavy atom. The van der Waals surface area contributed by atoms with Crippen LogP contribution in [0.3, 0.4) is 0 Å². The van der Waals surface area contributed by atoms with E-state index in [0.29, 0.717) is 18.9 Å². The van der Waals surface area contributed by atoms with Gasteiger partial charge in [-0.1, -0.05) is 30.3 Å². The molecule has 1 heterocycles. The number of imidazole rings is 1. The number of aromatic nitrogens is 2. The Morgan fingerprint density at radius 3 is 2.50 bits per heavy atom. The van der Waals surface area contributed by atoms with Crippen molar-refractivity contribution in [2.75, 3.05) is 13.7 Å². The van der Waals surface area contributed by atoms with Crippen molar-refractivity contribution in [3.63, 3.8) is 0 Å². The zero-order chi connectivity index (χ0) is 22.3.